The first-order valence-corrected chi connectivity index (χ1v) is 4.90. The topological polar surface area (TPSA) is 62.7 Å². The number of hydrogen-bond acceptors (Lipinski definition) is 3. The third-order valence-corrected chi connectivity index (χ3v) is 2.29. The number of likely N-dealkylation sites (N-methyl/N-ethyl adjacent to an activating group) is 1. The third kappa shape index (κ3) is 2.01. The molecule has 78 valence electrons. The fourth-order valence-corrected chi connectivity index (χ4v) is 1.61. The van der Waals surface area contributed by atoms with E-state index in [1.165, 1.54) is 0 Å². The number of nitrogens with zero attached hydrogens (tertiary/aromatic N) is 2. The summed E-state index contributed by atoms with van der Waals surface area (Å²) in [5.74, 6) is 0.668. The third-order valence-electron chi connectivity index (χ3n) is 2.00. The van der Waals surface area contributed by atoms with Crippen molar-refractivity contribution in [1.29, 1.82) is 0 Å². The zero-order chi connectivity index (χ0) is 10.7. The molecular formula is C8H14N4OS. The fourth-order valence-electron chi connectivity index (χ4n) is 1.28. The van der Waals surface area contributed by atoms with Crippen LogP contribution in [0, 0.1) is 11.7 Å². The highest BCUT2D eigenvalue weighted by Gasteiger charge is 2.16. The first-order valence-electron chi connectivity index (χ1n) is 4.49. The lowest BCUT2D eigenvalue weighted by atomic mass is 10.3. The van der Waals surface area contributed by atoms with Crippen molar-refractivity contribution in [3.63, 3.8) is 0 Å². The average molecular weight is 214 g/mol. The molecule has 0 radical (unpaired) electrons. The number of aromatic nitrogens is 3. The van der Waals surface area contributed by atoms with Gasteiger partial charge < -0.3 is 5.32 Å². The van der Waals surface area contributed by atoms with Crippen LogP contribution in [0.4, 0.5) is 0 Å². The van der Waals surface area contributed by atoms with Gasteiger partial charge in [0.05, 0.1) is 0 Å². The lowest BCUT2D eigenvalue weighted by Crippen LogP contribution is -2.31. The van der Waals surface area contributed by atoms with Crippen LogP contribution in [0.15, 0.2) is 0 Å². The molecule has 0 aliphatic rings. The number of aromatic amines is 1. The summed E-state index contributed by atoms with van der Waals surface area (Å²) < 4.78 is 2.17. The second-order valence-electron chi connectivity index (χ2n) is 3.02. The minimum absolute atomic E-state index is 0.0481. The lowest BCUT2D eigenvalue weighted by Gasteiger charge is -2.13. The molecule has 1 aromatic heterocycles. The predicted molar refractivity (Wildman–Crippen MR) is 55.5 cm³/mol. The van der Waals surface area contributed by atoms with Crippen LogP contribution in [0.2, 0.25) is 0 Å². The molecule has 1 aromatic rings. The molecule has 0 aliphatic heterocycles. The lowest BCUT2D eigenvalue weighted by molar-refractivity contribution is -0.123. The Morgan fingerprint density at radius 1 is 1.79 bits per heavy atom. The number of carbonyl (C=O) groups is 1. The Balaban J connectivity index is 2.94. The quantitative estimate of drug-likeness (QED) is 0.736. The minimum Gasteiger partial charge on any atom is -0.355 e. The van der Waals surface area contributed by atoms with Crippen molar-refractivity contribution in [1.82, 2.24) is 20.1 Å². The van der Waals surface area contributed by atoms with Gasteiger partial charge in [0.25, 0.3) is 0 Å². The number of H-pyrrole nitrogens is 1. The molecule has 5 nitrogen and oxygen atoms in total. The Morgan fingerprint density at radius 2 is 2.43 bits per heavy atom. The number of rotatable bonds is 3. The van der Waals surface area contributed by atoms with Crippen molar-refractivity contribution in [3.05, 3.63) is 10.6 Å². The van der Waals surface area contributed by atoms with Crippen molar-refractivity contribution in [2.24, 2.45) is 0 Å². The molecular weight excluding hydrogens is 200 g/mol. The Labute approximate surface area is 87.5 Å². The Hall–Kier alpha value is -1.17. The van der Waals surface area contributed by atoms with Gasteiger partial charge in [0.1, 0.15) is 11.9 Å². The van der Waals surface area contributed by atoms with E-state index in [0.717, 1.165) is 0 Å². The fraction of sp³-hybridized carbons (Fsp3) is 0.625. The largest absolute Gasteiger partial charge is 0.355 e. The standard InChI is InChI=1S/C8H14N4OS/c1-4-9-7(13)5(2)12-6(3)10-11-8(12)14/h5H,4H2,1-3H3,(H,9,13)(H,11,14). The highest BCUT2D eigenvalue weighted by atomic mass is 32.1. The van der Waals surface area contributed by atoms with E-state index >= 15 is 0 Å². The van der Waals surface area contributed by atoms with Gasteiger partial charge in [-0.25, -0.2) is 0 Å². The molecule has 1 rings (SSSR count). The van der Waals surface area contributed by atoms with E-state index in [-0.39, 0.29) is 11.9 Å². The van der Waals surface area contributed by atoms with E-state index in [9.17, 15) is 4.79 Å². The number of nitrogens with one attached hydrogen (secondary N) is 2. The summed E-state index contributed by atoms with van der Waals surface area (Å²) in [5, 5.41) is 9.34. The molecule has 2 N–H and O–H groups in total. The zero-order valence-corrected chi connectivity index (χ0v) is 9.31. The van der Waals surface area contributed by atoms with Crippen LogP contribution >= 0.6 is 12.2 Å². The van der Waals surface area contributed by atoms with Gasteiger partial charge in [0, 0.05) is 6.54 Å². The van der Waals surface area contributed by atoms with E-state index in [4.69, 9.17) is 12.2 Å². The minimum atomic E-state index is -0.318. The summed E-state index contributed by atoms with van der Waals surface area (Å²) >= 11 is 5.02. The van der Waals surface area contributed by atoms with Crippen molar-refractivity contribution < 1.29 is 4.79 Å². The molecule has 0 aliphatic carbocycles. The predicted octanol–water partition coefficient (Wildman–Crippen LogP) is 0.946. The summed E-state index contributed by atoms with van der Waals surface area (Å²) in [6.45, 7) is 6.10. The average Bonchev–Trinajstić information content (AvgIpc) is 2.46. The Bertz CT molecular complexity index is 381. The molecule has 6 heteroatoms. The molecule has 1 heterocycles. The Kier molecular flexibility index (Phi) is 3.40. The van der Waals surface area contributed by atoms with E-state index in [2.05, 4.69) is 15.5 Å². The van der Waals surface area contributed by atoms with Crippen LogP contribution in [0.3, 0.4) is 0 Å². The van der Waals surface area contributed by atoms with Crippen molar-refractivity contribution >= 4 is 18.1 Å². The van der Waals surface area contributed by atoms with Crippen LogP contribution < -0.4 is 5.32 Å². The molecule has 0 aromatic carbocycles. The molecule has 0 spiro atoms. The van der Waals surface area contributed by atoms with Gasteiger partial charge in [-0.1, -0.05) is 0 Å². The van der Waals surface area contributed by atoms with Crippen LogP contribution in [-0.2, 0) is 4.79 Å². The number of hydrogen-bond donors (Lipinski definition) is 2. The smallest absolute Gasteiger partial charge is 0.242 e. The molecule has 0 bridgehead atoms. The summed E-state index contributed by atoms with van der Waals surface area (Å²) in [6, 6.07) is -0.318. The second kappa shape index (κ2) is 4.36. The first kappa shape index (κ1) is 10.9. The van der Waals surface area contributed by atoms with Crippen molar-refractivity contribution in [2.75, 3.05) is 6.54 Å². The van der Waals surface area contributed by atoms with E-state index in [1.54, 1.807) is 11.5 Å². The highest BCUT2D eigenvalue weighted by Crippen LogP contribution is 2.08. The van der Waals surface area contributed by atoms with Crippen LogP contribution in [-0.4, -0.2) is 27.2 Å². The van der Waals surface area contributed by atoms with E-state index in [1.807, 2.05) is 13.8 Å². The zero-order valence-electron chi connectivity index (χ0n) is 8.50. The molecule has 0 saturated heterocycles. The normalized spacial score (nSPS) is 12.5. The van der Waals surface area contributed by atoms with Gasteiger partial charge in [-0.15, -0.1) is 0 Å². The maximum atomic E-state index is 11.5. The molecule has 1 amide bonds. The van der Waals surface area contributed by atoms with E-state index in [0.29, 0.717) is 17.1 Å². The SMILES string of the molecule is CCNC(=O)C(C)n1c(C)n[nH]c1=S. The maximum absolute atomic E-state index is 11.5. The summed E-state index contributed by atoms with van der Waals surface area (Å²) in [4.78, 5) is 11.5. The molecule has 0 saturated carbocycles. The number of carbonyl (C=O) groups excluding carboxylic acids is 1. The molecule has 1 unspecified atom stereocenters. The van der Waals surface area contributed by atoms with Gasteiger partial charge in [0.2, 0.25) is 5.91 Å². The van der Waals surface area contributed by atoms with Gasteiger partial charge in [-0.05, 0) is 33.0 Å². The van der Waals surface area contributed by atoms with Crippen LogP contribution in [0.5, 0.6) is 0 Å². The van der Waals surface area contributed by atoms with Crippen molar-refractivity contribution in [3.8, 4) is 0 Å². The molecule has 0 fully saturated rings. The van der Waals surface area contributed by atoms with Crippen molar-refractivity contribution in [2.45, 2.75) is 26.8 Å². The number of amides is 1. The summed E-state index contributed by atoms with van der Waals surface area (Å²) in [5.41, 5.74) is 0. The van der Waals surface area contributed by atoms with Gasteiger partial charge >= 0.3 is 0 Å². The Morgan fingerprint density at radius 3 is 2.86 bits per heavy atom. The highest BCUT2D eigenvalue weighted by molar-refractivity contribution is 7.71. The van der Waals surface area contributed by atoms with E-state index < -0.39 is 0 Å². The van der Waals surface area contributed by atoms with Crippen LogP contribution in [0.25, 0.3) is 0 Å². The van der Waals surface area contributed by atoms with Crippen LogP contribution in [0.1, 0.15) is 25.7 Å². The van der Waals surface area contributed by atoms with Gasteiger partial charge in [-0.3, -0.25) is 14.5 Å². The first-order chi connectivity index (χ1) is 6.57. The second-order valence-corrected chi connectivity index (χ2v) is 3.40. The summed E-state index contributed by atoms with van der Waals surface area (Å²) in [6.07, 6.45) is 0. The molecule has 1 atom stereocenters. The van der Waals surface area contributed by atoms with Gasteiger partial charge in [0.15, 0.2) is 4.77 Å². The van der Waals surface area contributed by atoms with Gasteiger partial charge in [-0.2, -0.15) is 5.10 Å². The molecule has 14 heavy (non-hydrogen) atoms. The monoisotopic (exact) mass is 214 g/mol. The summed E-state index contributed by atoms with van der Waals surface area (Å²) in [7, 11) is 0. The number of aryl methyl sites for hydroxylation is 1. The maximum Gasteiger partial charge on any atom is 0.242 e.